The maximum Gasteiger partial charge on any atom is 0.174 e. The van der Waals surface area contributed by atoms with E-state index in [1.807, 2.05) is 28.7 Å². The fourth-order valence-corrected chi connectivity index (χ4v) is 2.01. The summed E-state index contributed by atoms with van der Waals surface area (Å²) in [6.45, 7) is 0. The molecular weight excluding hydrogens is 361 g/mol. The SMILES string of the molecule is N#Cc1cc(I)c(C(=O)CBr)cc1O. The Morgan fingerprint density at radius 2 is 2.29 bits per heavy atom. The second-order valence-corrected chi connectivity index (χ2v) is 4.24. The van der Waals surface area contributed by atoms with Crippen molar-refractivity contribution >= 4 is 44.3 Å². The number of phenols is 1. The van der Waals surface area contributed by atoms with Crippen LogP contribution in [0.1, 0.15) is 15.9 Å². The van der Waals surface area contributed by atoms with Crippen LogP contribution in [0.4, 0.5) is 0 Å². The molecule has 3 nitrogen and oxygen atoms in total. The normalized spacial score (nSPS) is 9.50. The third kappa shape index (κ3) is 2.25. The highest BCUT2D eigenvalue weighted by Gasteiger charge is 2.12. The van der Waals surface area contributed by atoms with E-state index in [0.717, 1.165) is 0 Å². The Labute approximate surface area is 103 Å². The Bertz CT molecular complexity index is 426. The molecule has 0 saturated carbocycles. The van der Waals surface area contributed by atoms with E-state index in [1.165, 1.54) is 12.1 Å². The minimum atomic E-state index is -0.155. The smallest absolute Gasteiger partial charge is 0.174 e. The molecule has 0 aromatic heterocycles. The van der Waals surface area contributed by atoms with Crippen molar-refractivity contribution in [1.82, 2.24) is 0 Å². The Balaban J connectivity index is 3.30. The monoisotopic (exact) mass is 365 g/mol. The van der Waals surface area contributed by atoms with Crippen LogP contribution in [0, 0.1) is 14.9 Å². The van der Waals surface area contributed by atoms with Crippen molar-refractivity contribution in [2.75, 3.05) is 5.33 Å². The zero-order valence-electron chi connectivity index (χ0n) is 6.92. The molecule has 0 aliphatic heterocycles. The van der Waals surface area contributed by atoms with E-state index < -0.39 is 0 Å². The van der Waals surface area contributed by atoms with Gasteiger partial charge in [-0.05, 0) is 34.7 Å². The number of carbonyl (C=O) groups excluding carboxylic acids is 1. The number of halogens is 2. The first-order valence-electron chi connectivity index (χ1n) is 3.62. The molecule has 0 saturated heterocycles. The number of hydrogen-bond donors (Lipinski definition) is 1. The largest absolute Gasteiger partial charge is 0.507 e. The van der Waals surface area contributed by atoms with Crippen LogP contribution in [-0.2, 0) is 0 Å². The molecule has 5 heteroatoms. The van der Waals surface area contributed by atoms with Gasteiger partial charge in [0.1, 0.15) is 11.8 Å². The third-order valence-electron chi connectivity index (χ3n) is 1.63. The van der Waals surface area contributed by atoms with E-state index in [4.69, 9.17) is 5.26 Å². The van der Waals surface area contributed by atoms with Gasteiger partial charge in [0.25, 0.3) is 0 Å². The van der Waals surface area contributed by atoms with Gasteiger partial charge in [0.05, 0.1) is 10.9 Å². The number of phenolic OH excluding ortho intramolecular Hbond substituents is 1. The van der Waals surface area contributed by atoms with Crippen LogP contribution in [0.25, 0.3) is 0 Å². The first kappa shape index (κ1) is 11.5. The summed E-state index contributed by atoms with van der Waals surface area (Å²) in [6.07, 6.45) is 0. The molecule has 0 atom stereocenters. The summed E-state index contributed by atoms with van der Waals surface area (Å²) in [5, 5.41) is 18.2. The van der Waals surface area contributed by atoms with Crippen LogP contribution in [0.3, 0.4) is 0 Å². The van der Waals surface area contributed by atoms with Crippen molar-refractivity contribution in [3.8, 4) is 11.8 Å². The van der Waals surface area contributed by atoms with E-state index in [-0.39, 0.29) is 22.4 Å². The lowest BCUT2D eigenvalue weighted by molar-refractivity contribution is 0.102. The summed E-state index contributed by atoms with van der Waals surface area (Å²) in [5.41, 5.74) is 0.611. The lowest BCUT2D eigenvalue weighted by Crippen LogP contribution is -2.03. The average molecular weight is 366 g/mol. The number of Topliss-reactive ketones (excluding diaryl/α,β-unsaturated/α-hetero) is 1. The Kier molecular flexibility index (Phi) is 3.89. The van der Waals surface area contributed by atoms with Crippen molar-refractivity contribution in [3.63, 3.8) is 0 Å². The second kappa shape index (κ2) is 4.75. The van der Waals surface area contributed by atoms with Crippen molar-refractivity contribution in [2.24, 2.45) is 0 Å². The van der Waals surface area contributed by atoms with Crippen molar-refractivity contribution in [1.29, 1.82) is 5.26 Å². The Morgan fingerprint density at radius 3 is 2.79 bits per heavy atom. The molecule has 0 heterocycles. The molecule has 0 radical (unpaired) electrons. The lowest BCUT2D eigenvalue weighted by atomic mass is 10.1. The van der Waals surface area contributed by atoms with Gasteiger partial charge in [0, 0.05) is 9.13 Å². The number of benzene rings is 1. The Morgan fingerprint density at radius 1 is 1.64 bits per heavy atom. The molecule has 1 aromatic rings. The standard InChI is InChI=1S/C9H5BrINO2/c10-3-9(14)6-2-8(13)5(4-12)1-7(6)11/h1-2,13H,3H2. The van der Waals surface area contributed by atoms with E-state index in [2.05, 4.69) is 15.9 Å². The first-order chi connectivity index (χ1) is 6.60. The summed E-state index contributed by atoms with van der Waals surface area (Å²) in [5.74, 6) is -0.272. The van der Waals surface area contributed by atoms with Gasteiger partial charge in [-0.25, -0.2) is 0 Å². The van der Waals surface area contributed by atoms with Gasteiger partial charge in [-0.1, -0.05) is 15.9 Å². The van der Waals surface area contributed by atoms with Gasteiger partial charge in [0.2, 0.25) is 0 Å². The number of aromatic hydroxyl groups is 1. The van der Waals surface area contributed by atoms with Gasteiger partial charge < -0.3 is 5.11 Å². The fraction of sp³-hybridized carbons (Fsp3) is 0.111. The highest BCUT2D eigenvalue weighted by atomic mass is 127. The first-order valence-corrected chi connectivity index (χ1v) is 5.82. The quantitative estimate of drug-likeness (QED) is 0.497. The molecule has 1 aromatic carbocycles. The summed E-state index contributed by atoms with van der Waals surface area (Å²) in [4.78, 5) is 11.3. The van der Waals surface area contributed by atoms with Gasteiger partial charge >= 0.3 is 0 Å². The summed E-state index contributed by atoms with van der Waals surface area (Å²) in [7, 11) is 0. The minimum Gasteiger partial charge on any atom is -0.507 e. The zero-order valence-corrected chi connectivity index (χ0v) is 10.7. The average Bonchev–Trinajstić information content (AvgIpc) is 2.19. The maximum absolute atomic E-state index is 11.3. The van der Waals surface area contributed by atoms with E-state index in [9.17, 15) is 9.90 Å². The van der Waals surface area contributed by atoms with E-state index >= 15 is 0 Å². The van der Waals surface area contributed by atoms with E-state index in [0.29, 0.717) is 9.13 Å². The van der Waals surface area contributed by atoms with Crippen LogP contribution in [0.2, 0.25) is 0 Å². The third-order valence-corrected chi connectivity index (χ3v) is 3.03. The molecule has 0 aliphatic rings. The molecule has 72 valence electrons. The van der Waals surface area contributed by atoms with Gasteiger partial charge in [-0.2, -0.15) is 5.26 Å². The number of nitriles is 1. The number of ketones is 1. The van der Waals surface area contributed by atoms with E-state index in [1.54, 1.807) is 0 Å². The zero-order chi connectivity index (χ0) is 10.7. The molecule has 1 rings (SSSR count). The van der Waals surface area contributed by atoms with Crippen LogP contribution in [0.5, 0.6) is 5.75 Å². The molecule has 0 fully saturated rings. The number of carbonyl (C=O) groups is 1. The fourth-order valence-electron chi connectivity index (χ4n) is 0.937. The number of nitrogens with zero attached hydrogens (tertiary/aromatic N) is 1. The molecule has 0 unspecified atom stereocenters. The van der Waals surface area contributed by atoms with Crippen LogP contribution in [0.15, 0.2) is 12.1 Å². The second-order valence-electron chi connectivity index (χ2n) is 2.52. The molecular formula is C9H5BrINO2. The maximum atomic E-state index is 11.3. The number of rotatable bonds is 2. The predicted octanol–water partition coefficient (Wildman–Crippen LogP) is 2.45. The highest BCUT2D eigenvalue weighted by molar-refractivity contribution is 14.1. The minimum absolute atomic E-state index is 0.116. The van der Waals surface area contributed by atoms with Crippen molar-refractivity contribution in [3.05, 3.63) is 26.8 Å². The van der Waals surface area contributed by atoms with Crippen molar-refractivity contribution in [2.45, 2.75) is 0 Å². The molecule has 0 aliphatic carbocycles. The van der Waals surface area contributed by atoms with Crippen molar-refractivity contribution < 1.29 is 9.90 Å². The number of alkyl halides is 1. The molecule has 0 amide bonds. The predicted molar refractivity (Wildman–Crippen MR) is 63.7 cm³/mol. The van der Waals surface area contributed by atoms with Gasteiger partial charge in [-0.3, -0.25) is 4.79 Å². The van der Waals surface area contributed by atoms with Crippen LogP contribution in [-0.4, -0.2) is 16.2 Å². The van der Waals surface area contributed by atoms with Gasteiger partial charge in [-0.15, -0.1) is 0 Å². The van der Waals surface area contributed by atoms with Crippen LogP contribution < -0.4 is 0 Å². The summed E-state index contributed by atoms with van der Waals surface area (Å²) < 4.78 is 0.668. The van der Waals surface area contributed by atoms with Gasteiger partial charge in [0.15, 0.2) is 5.78 Å². The van der Waals surface area contributed by atoms with Crippen LogP contribution >= 0.6 is 38.5 Å². The lowest BCUT2D eigenvalue weighted by Gasteiger charge is -2.03. The molecule has 1 N–H and O–H groups in total. The molecule has 0 spiro atoms. The summed E-state index contributed by atoms with van der Waals surface area (Å²) in [6, 6.07) is 4.66. The molecule has 0 bridgehead atoms. The summed E-state index contributed by atoms with van der Waals surface area (Å²) >= 11 is 5.01. The topological polar surface area (TPSA) is 61.1 Å². The number of hydrogen-bond acceptors (Lipinski definition) is 3. The Hall–Kier alpha value is -0.610. The molecule has 14 heavy (non-hydrogen) atoms. The highest BCUT2D eigenvalue weighted by Crippen LogP contribution is 2.24.